The first-order valence-corrected chi connectivity index (χ1v) is 5.82. The lowest BCUT2D eigenvalue weighted by molar-refractivity contribution is -0.135. The number of carbonyl (C=O) groups excluding carboxylic acids is 1. The molecule has 90 valence electrons. The topological polar surface area (TPSA) is 33.5 Å². The van der Waals surface area contributed by atoms with Gasteiger partial charge in [0.1, 0.15) is 5.76 Å². The van der Waals surface area contributed by atoms with Gasteiger partial charge in [-0.1, -0.05) is 27.7 Å². The van der Waals surface area contributed by atoms with Gasteiger partial charge in [0.2, 0.25) is 5.91 Å². The Hall–Kier alpha value is -1.25. The van der Waals surface area contributed by atoms with Crippen molar-refractivity contribution in [3.8, 4) is 0 Å². The molecule has 0 aliphatic carbocycles. The van der Waals surface area contributed by atoms with Crippen molar-refractivity contribution in [2.24, 2.45) is 11.8 Å². The third-order valence-corrected chi connectivity index (χ3v) is 2.32. The Labute approximate surface area is 97.4 Å². The largest absolute Gasteiger partial charge is 0.467 e. The third-order valence-electron chi connectivity index (χ3n) is 2.32. The first-order chi connectivity index (χ1) is 7.50. The summed E-state index contributed by atoms with van der Waals surface area (Å²) in [6, 6.07) is 3.75. The molecule has 1 heterocycles. The molecule has 3 heteroatoms. The van der Waals surface area contributed by atoms with E-state index in [4.69, 9.17) is 4.42 Å². The van der Waals surface area contributed by atoms with Crippen LogP contribution in [0.1, 0.15) is 33.5 Å². The molecule has 0 spiro atoms. The van der Waals surface area contributed by atoms with Crippen LogP contribution in [0.2, 0.25) is 0 Å². The molecule has 0 fully saturated rings. The second kappa shape index (κ2) is 5.73. The average molecular weight is 223 g/mol. The summed E-state index contributed by atoms with van der Waals surface area (Å²) in [4.78, 5) is 13.9. The Kier molecular flexibility index (Phi) is 4.59. The molecule has 0 saturated heterocycles. The first-order valence-electron chi connectivity index (χ1n) is 5.82. The van der Waals surface area contributed by atoms with Crippen LogP contribution in [0.5, 0.6) is 0 Å². The fraction of sp³-hybridized carbons (Fsp3) is 0.615. The van der Waals surface area contributed by atoms with Gasteiger partial charge in [0.15, 0.2) is 0 Å². The molecule has 0 bridgehead atoms. The maximum atomic E-state index is 12.0. The molecule has 3 nitrogen and oxygen atoms in total. The van der Waals surface area contributed by atoms with E-state index in [2.05, 4.69) is 13.8 Å². The van der Waals surface area contributed by atoms with Crippen molar-refractivity contribution in [2.75, 3.05) is 6.54 Å². The van der Waals surface area contributed by atoms with Gasteiger partial charge in [0.25, 0.3) is 0 Å². The van der Waals surface area contributed by atoms with Gasteiger partial charge in [0.05, 0.1) is 12.8 Å². The number of hydrogen-bond donors (Lipinski definition) is 0. The van der Waals surface area contributed by atoms with Crippen LogP contribution in [-0.4, -0.2) is 17.4 Å². The number of furan rings is 1. The average Bonchev–Trinajstić information content (AvgIpc) is 2.67. The zero-order chi connectivity index (χ0) is 12.1. The zero-order valence-electron chi connectivity index (χ0n) is 10.6. The van der Waals surface area contributed by atoms with Gasteiger partial charge in [-0.05, 0) is 18.1 Å². The van der Waals surface area contributed by atoms with Crippen molar-refractivity contribution in [1.29, 1.82) is 0 Å². The van der Waals surface area contributed by atoms with Crippen molar-refractivity contribution in [1.82, 2.24) is 4.90 Å². The molecule has 1 rings (SSSR count). The molecule has 0 atom stereocenters. The summed E-state index contributed by atoms with van der Waals surface area (Å²) in [7, 11) is 0. The summed E-state index contributed by atoms with van der Waals surface area (Å²) in [5.74, 6) is 1.53. The third kappa shape index (κ3) is 3.72. The first kappa shape index (κ1) is 12.8. The molecule has 0 radical (unpaired) electrons. The minimum atomic E-state index is 0.0358. The van der Waals surface area contributed by atoms with Crippen LogP contribution in [0, 0.1) is 11.8 Å². The second-order valence-electron chi connectivity index (χ2n) is 4.85. The number of hydrogen-bond acceptors (Lipinski definition) is 2. The van der Waals surface area contributed by atoms with E-state index in [0.29, 0.717) is 12.5 Å². The molecule has 16 heavy (non-hydrogen) atoms. The smallest absolute Gasteiger partial charge is 0.225 e. The molecule has 0 aliphatic rings. The van der Waals surface area contributed by atoms with E-state index < -0.39 is 0 Å². The van der Waals surface area contributed by atoms with Gasteiger partial charge < -0.3 is 9.32 Å². The highest BCUT2D eigenvalue weighted by atomic mass is 16.3. The molecule has 1 amide bonds. The molecule has 1 aromatic rings. The van der Waals surface area contributed by atoms with E-state index in [1.54, 1.807) is 6.26 Å². The van der Waals surface area contributed by atoms with Crippen LogP contribution in [0.15, 0.2) is 22.8 Å². The van der Waals surface area contributed by atoms with Gasteiger partial charge >= 0.3 is 0 Å². The van der Waals surface area contributed by atoms with Crippen LogP contribution in [0.3, 0.4) is 0 Å². The molecule has 1 aromatic heterocycles. The Balaban J connectivity index is 2.67. The lowest BCUT2D eigenvalue weighted by atomic mass is 10.1. The summed E-state index contributed by atoms with van der Waals surface area (Å²) in [5, 5.41) is 0. The Morgan fingerprint density at radius 1 is 1.38 bits per heavy atom. The van der Waals surface area contributed by atoms with E-state index in [1.807, 2.05) is 30.9 Å². The summed E-state index contributed by atoms with van der Waals surface area (Å²) in [6.45, 7) is 9.43. The molecule has 0 N–H and O–H groups in total. The molecule has 0 saturated carbocycles. The summed E-state index contributed by atoms with van der Waals surface area (Å²) in [5.41, 5.74) is 0. The SMILES string of the molecule is CC(C)CN(Cc1ccco1)C(=O)C(C)C. The van der Waals surface area contributed by atoms with Gasteiger partial charge in [-0.2, -0.15) is 0 Å². The lowest BCUT2D eigenvalue weighted by Crippen LogP contribution is -2.36. The fourth-order valence-electron chi connectivity index (χ4n) is 1.63. The van der Waals surface area contributed by atoms with Gasteiger partial charge in [-0.15, -0.1) is 0 Å². The van der Waals surface area contributed by atoms with E-state index >= 15 is 0 Å². The van der Waals surface area contributed by atoms with Crippen LogP contribution >= 0.6 is 0 Å². The van der Waals surface area contributed by atoms with E-state index in [0.717, 1.165) is 12.3 Å². The lowest BCUT2D eigenvalue weighted by Gasteiger charge is -2.25. The molecule has 0 aliphatic heterocycles. The number of rotatable bonds is 5. The second-order valence-corrected chi connectivity index (χ2v) is 4.85. The van der Waals surface area contributed by atoms with Crippen molar-refractivity contribution in [2.45, 2.75) is 34.2 Å². The minimum Gasteiger partial charge on any atom is -0.467 e. The van der Waals surface area contributed by atoms with Crippen LogP contribution < -0.4 is 0 Å². The maximum absolute atomic E-state index is 12.0. The van der Waals surface area contributed by atoms with E-state index in [-0.39, 0.29) is 11.8 Å². The van der Waals surface area contributed by atoms with Crippen molar-refractivity contribution in [3.05, 3.63) is 24.2 Å². The predicted octanol–water partition coefficient (Wildman–Crippen LogP) is 2.92. The summed E-state index contributed by atoms with van der Waals surface area (Å²) in [6.07, 6.45) is 1.64. The predicted molar refractivity (Wildman–Crippen MR) is 63.8 cm³/mol. The monoisotopic (exact) mass is 223 g/mol. The number of amides is 1. The Morgan fingerprint density at radius 3 is 2.50 bits per heavy atom. The quantitative estimate of drug-likeness (QED) is 0.769. The molecule has 0 unspecified atom stereocenters. The van der Waals surface area contributed by atoms with E-state index in [1.165, 1.54) is 0 Å². The summed E-state index contributed by atoms with van der Waals surface area (Å²) < 4.78 is 5.28. The molecule has 0 aromatic carbocycles. The van der Waals surface area contributed by atoms with Crippen molar-refractivity contribution in [3.63, 3.8) is 0 Å². The van der Waals surface area contributed by atoms with Crippen LogP contribution in [0.4, 0.5) is 0 Å². The van der Waals surface area contributed by atoms with Gasteiger partial charge in [-0.3, -0.25) is 4.79 Å². The highest BCUT2D eigenvalue weighted by Crippen LogP contribution is 2.11. The summed E-state index contributed by atoms with van der Waals surface area (Å²) >= 11 is 0. The van der Waals surface area contributed by atoms with Crippen LogP contribution in [-0.2, 0) is 11.3 Å². The zero-order valence-corrected chi connectivity index (χ0v) is 10.6. The molecular weight excluding hydrogens is 202 g/mol. The minimum absolute atomic E-state index is 0.0358. The molecular formula is C13H21NO2. The Bertz CT molecular complexity index is 315. The van der Waals surface area contributed by atoms with E-state index in [9.17, 15) is 4.79 Å². The maximum Gasteiger partial charge on any atom is 0.225 e. The van der Waals surface area contributed by atoms with Gasteiger partial charge in [0, 0.05) is 12.5 Å². The number of nitrogens with zero attached hydrogens (tertiary/aromatic N) is 1. The standard InChI is InChI=1S/C13H21NO2/c1-10(2)8-14(13(15)11(3)4)9-12-6-5-7-16-12/h5-7,10-11H,8-9H2,1-4H3. The van der Waals surface area contributed by atoms with Gasteiger partial charge in [-0.25, -0.2) is 0 Å². The van der Waals surface area contributed by atoms with Crippen molar-refractivity contribution >= 4 is 5.91 Å². The highest BCUT2D eigenvalue weighted by Gasteiger charge is 2.19. The fourth-order valence-corrected chi connectivity index (χ4v) is 1.63. The van der Waals surface area contributed by atoms with Crippen molar-refractivity contribution < 1.29 is 9.21 Å². The normalized spacial score (nSPS) is 11.1. The highest BCUT2D eigenvalue weighted by molar-refractivity contribution is 5.78. The van der Waals surface area contributed by atoms with Crippen LogP contribution in [0.25, 0.3) is 0 Å². The number of carbonyl (C=O) groups is 1. The Morgan fingerprint density at radius 2 is 2.06 bits per heavy atom.